The number of carbonyl (C=O) groups excluding carboxylic acids is 2. The molecule has 3 amide bonds. The molecule has 10 nitrogen and oxygen atoms in total. The molecule has 0 atom stereocenters. The Morgan fingerprint density at radius 1 is 0.909 bits per heavy atom. The van der Waals surface area contributed by atoms with Crippen molar-refractivity contribution in [2.24, 2.45) is 0 Å². The normalized spacial score (nSPS) is 10.7. The highest BCUT2D eigenvalue weighted by molar-refractivity contribution is 7.92. The standard InChI is InChI=1S/C22H24N6O4S/c1-3-23-22(30)27-20-13-19(25-15-7-5-4-6-8-15)18(14-24-20)21(29)26-16-9-11-17(12-10-16)28-33(2,31)32/h4-14,28H,3H2,1-2H3,(H,26,29)(H3,23,24,25,27,30). The minimum atomic E-state index is -3.40. The van der Waals surface area contributed by atoms with Gasteiger partial charge in [-0.3, -0.25) is 14.8 Å². The molecule has 33 heavy (non-hydrogen) atoms. The highest BCUT2D eigenvalue weighted by atomic mass is 32.2. The van der Waals surface area contributed by atoms with Crippen molar-refractivity contribution in [1.29, 1.82) is 0 Å². The van der Waals surface area contributed by atoms with E-state index in [2.05, 4.69) is 31.0 Å². The third-order valence-corrected chi connectivity index (χ3v) is 4.83. The highest BCUT2D eigenvalue weighted by Gasteiger charge is 2.15. The smallest absolute Gasteiger partial charge is 0.320 e. The van der Waals surface area contributed by atoms with Crippen LogP contribution in [0.5, 0.6) is 0 Å². The maximum atomic E-state index is 13.0. The minimum Gasteiger partial charge on any atom is -0.355 e. The molecule has 0 unspecified atom stereocenters. The van der Waals surface area contributed by atoms with E-state index in [4.69, 9.17) is 0 Å². The molecule has 0 saturated heterocycles. The van der Waals surface area contributed by atoms with E-state index in [0.29, 0.717) is 23.6 Å². The highest BCUT2D eigenvalue weighted by Crippen LogP contribution is 2.25. The van der Waals surface area contributed by atoms with Gasteiger partial charge in [-0.1, -0.05) is 18.2 Å². The largest absolute Gasteiger partial charge is 0.355 e. The first kappa shape index (κ1) is 23.5. The summed E-state index contributed by atoms with van der Waals surface area (Å²) in [6.45, 7) is 2.26. The van der Waals surface area contributed by atoms with Crippen LogP contribution in [0.1, 0.15) is 17.3 Å². The Labute approximate surface area is 191 Å². The van der Waals surface area contributed by atoms with Crippen molar-refractivity contribution in [3.63, 3.8) is 0 Å². The first-order chi connectivity index (χ1) is 15.7. The fraction of sp³-hybridized carbons (Fsp3) is 0.136. The zero-order valence-corrected chi connectivity index (χ0v) is 18.9. The van der Waals surface area contributed by atoms with E-state index in [0.717, 1.165) is 11.9 Å². The Morgan fingerprint density at radius 3 is 2.21 bits per heavy atom. The number of nitrogens with zero attached hydrogens (tertiary/aromatic N) is 1. The van der Waals surface area contributed by atoms with Crippen molar-refractivity contribution >= 4 is 50.5 Å². The van der Waals surface area contributed by atoms with Crippen LogP contribution in [0.3, 0.4) is 0 Å². The summed E-state index contributed by atoms with van der Waals surface area (Å²) >= 11 is 0. The number of carbonyl (C=O) groups is 2. The molecular formula is C22H24N6O4S. The summed E-state index contributed by atoms with van der Waals surface area (Å²) in [7, 11) is -3.40. The number of hydrogen-bond acceptors (Lipinski definition) is 6. The Kier molecular flexibility index (Phi) is 7.46. The molecule has 3 aromatic rings. The quantitative estimate of drug-likeness (QED) is 0.342. The molecular weight excluding hydrogens is 444 g/mol. The summed E-state index contributed by atoms with van der Waals surface area (Å²) in [6.07, 6.45) is 2.42. The predicted molar refractivity (Wildman–Crippen MR) is 130 cm³/mol. The van der Waals surface area contributed by atoms with Gasteiger partial charge < -0.3 is 16.0 Å². The van der Waals surface area contributed by atoms with Crippen LogP contribution >= 0.6 is 0 Å². The van der Waals surface area contributed by atoms with Crippen molar-refractivity contribution in [3.8, 4) is 0 Å². The van der Waals surface area contributed by atoms with E-state index in [1.807, 2.05) is 30.3 Å². The third kappa shape index (κ3) is 7.21. The minimum absolute atomic E-state index is 0.249. The van der Waals surface area contributed by atoms with E-state index in [9.17, 15) is 18.0 Å². The summed E-state index contributed by atoms with van der Waals surface area (Å²) < 4.78 is 25.0. The van der Waals surface area contributed by atoms with E-state index in [1.165, 1.54) is 18.3 Å². The third-order valence-electron chi connectivity index (χ3n) is 4.23. The van der Waals surface area contributed by atoms with Crippen LogP contribution in [0.2, 0.25) is 0 Å². The van der Waals surface area contributed by atoms with Gasteiger partial charge in [-0.15, -0.1) is 0 Å². The number of sulfonamides is 1. The number of hydrogen-bond donors (Lipinski definition) is 5. The van der Waals surface area contributed by atoms with E-state index in [1.54, 1.807) is 25.1 Å². The molecule has 0 bridgehead atoms. The SMILES string of the molecule is CCNC(=O)Nc1cc(Nc2ccccc2)c(C(=O)Nc2ccc(NS(C)(=O)=O)cc2)cn1. The second-order valence-corrected chi connectivity index (χ2v) is 8.74. The van der Waals surface area contributed by atoms with Crippen LogP contribution in [0.15, 0.2) is 66.9 Å². The van der Waals surface area contributed by atoms with Gasteiger partial charge in [0.25, 0.3) is 5.91 Å². The van der Waals surface area contributed by atoms with Gasteiger partial charge in [-0.05, 0) is 43.3 Å². The number of amides is 3. The van der Waals surface area contributed by atoms with Crippen molar-refractivity contribution in [2.45, 2.75) is 6.92 Å². The number of anilines is 5. The molecule has 3 rings (SSSR count). The number of urea groups is 1. The zero-order valence-electron chi connectivity index (χ0n) is 18.0. The topological polar surface area (TPSA) is 141 Å². The second-order valence-electron chi connectivity index (χ2n) is 7.00. The Hall–Kier alpha value is -4.12. The molecule has 5 N–H and O–H groups in total. The van der Waals surface area contributed by atoms with Gasteiger partial charge in [-0.2, -0.15) is 0 Å². The average Bonchev–Trinajstić information content (AvgIpc) is 2.75. The van der Waals surface area contributed by atoms with Crippen LogP contribution in [-0.2, 0) is 10.0 Å². The summed E-state index contributed by atoms with van der Waals surface area (Å²) in [4.78, 5) is 29.0. The Balaban J connectivity index is 1.83. The van der Waals surface area contributed by atoms with E-state index >= 15 is 0 Å². The molecule has 2 aromatic carbocycles. The first-order valence-corrected chi connectivity index (χ1v) is 11.9. The fourth-order valence-electron chi connectivity index (χ4n) is 2.84. The second kappa shape index (κ2) is 10.5. The predicted octanol–water partition coefficient (Wildman–Crippen LogP) is 3.59. The van der Waals surface area contributed by atoms with Gasteiger partial charge in [0.1, 0.15) is 5.82 Å². The van der Waals surface area contributed by atoms with Gasteiger partial charge in [0, 0.05) is 35.9 Å². The lowest BCUT2D eigenvalue weighted by Crippen LogP contribution is -2.28. The van der Waals surface area contributed by atoms with Crippen molar-refractivity contribution in [2.75, 3.05) is 33.5 Å². The van der Waals surface area contributed by atoms with Crippen LogP contribution < -0.4 is 26.0 Å². The first-order valence-electron chi connectivity index (χ1n) is 9.99. The number of para-hydroxylation sites is 1. The Bertz CT molecular complexity index is 1230. The fourth-order valence-corrected chi connectivity index (χ4v) is 3.40. The lowest BCUT2D eigenvalue weighted by Gasteiger charge is -2.14. The maximum absolute atomic E-state index is 13.0. The van der Waals surface area contributed by atoms with Gasteiger partial charge in [0.15, 0.2) is 0 Å². The molecule has 0 aliphatic heterocycles. The molecule has 0 aliphatic carbocycles. The van der Waals surface area contributed by atoms with Crippen molar-refractivity contribution in [1.82, 2.24) is 10.3 Å². The van der Waals surface area contributed by atoms with Crippen LogP contribution in [-0.4, -0.2) is 38.1 Å². The maximum Gasteiger partial charge on any atom is 0.320 e. The number of rotatable bonds is 8. The summed E-state index contributed by atoms with van der Waals surface area (Å²) in [5.41, 5.74) is 2.28. The summed E-state index contributed by atoms with van der Waals surface area (Å²) in [6, 6.07) is 16.6. The average molecular weight is 469 g/mol. The molecule has 0 spiro atoms. The van der Waals surface area contributed by atoms with Crippen molar-refractivity contribution < 1.29 is 18.0 Å². The van der Waals surface area contributed by atoms with Crippen LogP contribution in [0.4, 0.5) is 33.4 Å². The molecule has 0 saturated carbocycles. The number of benzene rings is 2. The lowest BCUT2D eigenvalue weighted by atomic mass is 10.2. The number of aromatic nitrogens is 1. The lowest BCUT2D eigenvalue weighted by molar-refractivity contribution is 0.102. The molecule has 11 heteroatoms. The number of nitrogens with one attached hydrogen (secondary N) is 5. The van der Waals surface area contributed by atoms with Crippen LogP contribution in [0.25, 0.3) is 0 Å². The molecule has 1 aromatic heterocycles. The monoisotopic (exact) mass is 468 g/mol. The molecule has 172 valence electrons. The van der Waals surface area contributed by atoms with Gasteiger partial charge in [0.05, 0.1) is 17.5 Å². The van der Waals surface area contributed by atoms with Crippen LogP contribution in [0, 0.1) is 0 Å². The van der Waals surface area contributed by atoms with Gasteiger partial charge in [0.2, 0.25) is 10.0 Å². The molecule has 1 heterocycles. The molecule has 0 radical (unpaired) electrons. The van der Waals surface area contributed by atoms with Gasteiger partial charge >= 0.3 is 6.03 Å². The Morgan fingerprint density at radius 2 is 1.58 bits per heavy atom. The van der Waals surface area contributed by atoms with Crippen molar-refractivity contribution in [3.05, 3.63) is 72.4 Å². The molecule has 0 aliphatic rings. The zero-order chi connectivity index (χ0) is 23.8. The summed E-state index contributed by atoms with van der Waals surface area (Å²) in [5.74, 6) is -0.165. The van der Waals surface area contributed by atoms with E-state index < -0.39 is 22.0 Å². The van der Waals surface area contributed by atoms with Gasteiger partial charge in [-0.25, -0.2) is 18.2 Å². The molecule has 0 fully saturated rings. The van der Waals surface area contributed by atoms with E-state index in [-0.39, 0.29) is 11.4 Å². The number of pyridine rings is 1. The summed E-state index contributed by atoms with van der Waals surface area (Å²) in [5, 5.41) is 11.2.